The van der Waals surface area contributed by atoms with Gasteiger partial charge >= 0.3 is 5.97 Å². The summed E-state index contributed by atoms with van der Waals surface area (Å²) in [6, 6.07) is 13.9. The molecule has 2 N–H and O–H groups in total. The van der Waals surface area contributed by atoms with Crippen molar-refractivity contribution in [3.8, 4) is 6.07 Å². The van der Waals surface area contributed by atoms with Crippen molar-refractivity contribution in [2.45, 2.75) is 5.92 Å². The van der Waals surface area contributed by atoms with E-state index in [9.17, 15) is 19.6 Å². The molecule has 0 bridgehead atoms. The first-order chi connectivity index (χ1) is 15.8. The second-order valence-corrected chi connectivity index (χ2v) is 9.50. The molecule has 170 valence electrons. The van der Waals surface area contributed by atoms with Gasteiger partial charge in [0.15, 0.2) is 0 Å². The summed E-state index contributed by atoms with van der Waals surface area (Å²) in [7, 11) is 1.18. The fourth-order valence-electron chi connectivity index (χ4n) is 3.30. The number of benzene rings is 2. The number of amides is 2. The van der Waals surface area contributed by atoms with Crippen LogP contribution in [0.1, 0.15) is 11.5 Å². The molecule has 0 aliphatic carbocycles. The summed E-state index contributed by atoms with van der Waals surface area (Å²) < 4.78 is 5.54. The molecule has 0 saturated heterocycles. The van der Waals surface area contributed by atoms with Gasteiger partial charge in [0.2, 0.25) is 11.8 Å². The standard InChI is InChI=1S/C22H16BrCl2N3O4S/c1-32-22(31)18-17(11-4-2-5-12(23)8-11)13(9-26)21(28-20(18)30)33-10-16(29)27-15-7-3-6-14(24)19(15)25/h2-8,17-18H,10H2,1H3,(H,27,29)(H,28,30)/t17-,18+/m0/s1. The van der Waals surface area contributed by atoms with Crippen LogP contribution < -0.4 is 10.6 Å². The van der Waals surface area contributed by atoms with Crippen LogP contribution in [0.4, 0.5) is 5.69 Å². The molecular weight excluding hydrogens is 553 g/mol. The predicted molar refractivity (Wildman–Crippen MR) is 131 cm³/mol. The summed E-state index contributed by atoms with van der Waals surface area (Å²) in [4.78, 5) is 37.7. The molecule has 33 heavy (non-hydrogen) atoms. The Balaban J connectivity index is 1.90. The van der Waals surface area contributed by atoms with Crippen molar-refractivity contribution in [2.75, 3.05) is 18.2 Å². The van der Waals surface area contributed by atoms with Gasteiger partial charge in [-0.3, -0.25) is 14.4 Å². The fourth-order valence-corrected chi connectivity index (χ4v) is 4.92. The Morgan fingerprint density at radius 2 is 2.00 bits per heavy atom. The number of halogens is 3. The quantitative estimate of drug-likeness (QED) is 0.380. The van der Waals surface area contributed by atoms with Crippen LogP contribution in [0, 0.1) is 17.2 Å². The number of hydrogen-bond acceptors (Lipinski definition) is 6. The van der Waals surface area contributed by atoms with E-state index in [1.165, 1.54) is 7.11 Å². The molecular formula is C22H16BrCl2N3O4S. The van der Waals surface area contributed by atoms with Gasteiger partial charge in [0.1, 0.15) is 5.92 Å². The van der Waals surface area contributed by atoms with Crippen LogP contribution in [0.2, 0.25) is 10.0 Å². The molecule has 11 heteroatoms. The van der Waals surface area contributed by atoms with Crippen LogP contribution in [0.15, 0.2) is 57.5 Å². The summed E-state index contributed by atoms with van der Waals surface area (Å²) in [5, 5.41) is 15.8. The maximum atomic E-state index is 12.8. The molecule has 7 nitrogen and oxygen atoms in total. The van der Waals surface area contributed by atoms with E-state index in [1.54, 1.807) is 42.5 Å². The van der Waals surface area contributed by atoms with Gasteiger partial charge in [0.05, 0.1) is 45.3 Å². The highest BCUT2D eigenvalue weighted by molar-refractivity contribution is 9.10. The molecule has 0 aromatic heterocycles. The lowest BCUT2D eigenvalue weighted by molar-refractivity contribution is -0.150. The number of allylic oxidation sites excluding steroid dienone is 1. The third-order valence-electron chi connectivity index (χ3n) is 4.76. The van der Waals surface area contributed by atoms with Crippen LogP contribution in [-0.2, 0) is 19.1 Å². The van der Waals surface area contributed by atoms with E-state index >= 15 is 0 Å². The molecule has 1 heterocycles. The normalized spacial score (nSPS) is 17.7. The Labute approximate surface area is 212 Å². The Bertz CT molecular complexity index is 1200. The van der Waals surface area contributed by atoms with Crippen molar-refractivity contribution >= 4 is 74.4 Å². The summed E-state index contributed by atoms with van der Waals surface area (Å²) in [6.45, 7) is 0. The monoisotopic (exact) mass is 567 g/mol. The molecule has 0 unspecified atom stereocenters. The second kappa shape index (κ2) is 11.1. The lowest BCUT2D eigenvalue weighted by atomic mass is 9.78. The average molecular weight is 569 g/mol. The van der Waals surface area contributed by atoms with Crippen LogP contribution >= 0.6 is 50.9 Å². The van der Waals surface area contributed by atoms with E-state index in [1.807, 2.05) is 0 Å². The number of carbonyl (C=O) groups excluding carboxylic acids is 3. The molecule has 1 aliphatic heterocycles. The number of esters is 1. The van der Waals surface area contributed by atoms with Crippen molar-refractivity contribution in [2.24, 2.45) is 5.92 Å². The molecule has 0 saturated carbocycles. The molecule has 2 amide bonds. The van der Waals surface area contributed by atoms with Crippen LogP contribution in [0.25, 0.3) is 0 Å². The van der Waals surface area contributed by atoms with Crippen molar-refractivity contribution in [1.29, 1.82) is 5.26 Å². The summed E-state index contributed by atoms with van der Waals surface area (Å²) in [5.41, 5.74) is 1.08. The first-order valence-corrected chi connectivity index (χ1v) is 11.9. The zero-order valence-corrected chi connectivity index (χ0v) is 20.9. The largest absolute Gasteiger partial charge is 0.468 e. The highest BCUT2D eigenvalue weighted by atomic mass is 79.9. The number of anilines is 1. The van der Waals surface area contributed by atoms with Crippen LogP contribution in [-0.4, -0.2) is 30.6 Å². The molecule has 2 atom stereocenters. The lowest BCUT2D eigenvalue weighted by Crippen LogP contribution is -2.44. The Hall–Kier alpha value is -2.51. The van der Waals surface area contributed by atoms with Crippen molar-refractivity contribution in [1.82, 2.24) is 5.32 Å². The second-order valence-electron chi connectivity index (χ2n) is 6.82. The minimum Gasteiger partial charge on any atom is -0.468 e. The summed E-state index contributed by atoms with van der Waals surface area (Å²) in [5.74, 6) is -4.05. The molecule has 1 aliphatic rings. The van der Waals surface area contributed by atoms with E-state index in [-0.39, 0.29) is 21.4 Å². The third-order valence-corrected chi connectivity index (χ3v) is 7.09. The summed E-state index contributed by atoms with van der Waals surface area (Å²) in [6.07, 6.45) is 0. The van der Waals surface area contributed by atoms with Gasteiger partial charge in [-0.05, 0) is 29.8 Å². The average Bonchev–Trinajstić information content (AvgIpc) is 2.79. The number of carbonyl (C=O) groups is 3. The number of methoxy groups -OCH3 is 1. The zero-order valence-electron chi connectivity index (χ0n) is 17.0. The van der Waals surface area contributed by atoms with E-state index in [0.29, 0.717) is 16.3 Å². The Morgan fingerprint density at radius 1 is 1.27 bits per heavy atom. The number of nitrogens with zero attached hydrogens (tertiary/aromatic N) is 1. The molecule has 0 fully saturated rings. The number of rotatable bonds is 6. The van der Waals surface area contributed by atoms with Crippen LogP contribution in [0.3, 0.4) is 0 Å². The van der Waals surface area contributed by atoms with E-state index in [4.69, 9.17) is 27.9 Å². The smallest absolute Gasteiger partial charge is 0.319 e. The maximum Gasteiger partial charge on any atom is 0.319 e. The van der Waals surface area contributed by atoms with Gasteiger partial charge in [-0.2, -0.15) is 5.26 Å². The number of nitrogens with one attached hydrogen (secondary N) is 2. The van der Waals surface area contributed by atoms with Crippen molar-refractivity contribution in [3.05, 3.63) is 73.1 Å². The first-order valence-electron chi connectivity index (χ1n) is 9.42. The minimum absolute atomic E-state index is 0.127. The molecule has 2 aromatic rings. The molecule has 0 radical (unpaired) electrons. The van der Waals surface area contributed by atoms with E-state index in [0.717, 1.165) is 16.2 Å². The van der Waals surface area contributed by atoms with Gasteiger partial charge in [-0.15, -0.1) is 0 Å². The Morgan fingerprint density at radius 3 is 2.67 bits per heavy atom. The topological polar surface area (TPSA) is 108 Å². The van der Waals surface area contributed by atoms with Crippen molar-refractivity contribution < 1.29 is 19.1 Å². The number of hydrogen-bond donors (Lipinski definition) is 2. The van der Waals surface area contributed by atoms with Gasteiger partial charge < -0.3 is 15.4 Å². The lowest BCUT2D eigenvalue weighted by Gasteiger charge is -2.31. The fraction of sp³-hybridized carbons (Fsp3) is 0.182. The SMILES string of the molecule is COC(=O)[C@H]1C(=O)NC(SCC(=O)Nc2cccc(Cl)c2Cl)=C(C#N)[C@@H]1c1cccc(Br)c1. The first kappa shape index (κ1) is 25.1. The molecule has 2 aromatic carbocycles. The van der Waals surface area contributed by atoms with E-state index < -0.39 is 29.6 Å². The third kappa shape index (κ3) is 5.71. The van der Waals surface area contributed by atoms with Gasteiger partial charge in [-0.25, -0.2) is 0 Å². The Kier molecular flexibility index (Phi) is 8.43. The van der Waals surface area contributed by atoms with Gasteiger partial charge in [-0.1, -0.05) is 69.1 Å². The molecule has 0 spiro atoms. The number of thioether (sulfide) groups is 1. The van der Waals surface area contributed by atoms with Crippen molar-refractivity contribution in [3.63, 3.8) is 0 Å². The molecule has 3 rings (SSSR count). The van der Waals surface area contributed by atoms with Gasteiger partial charge in [0.25, 0.3) is 0 Å². The zero-order chi connectivity index (χ0) is 24.1. The number of ether oxygens (including phenoxy) is 1. The maximum absolute atomic E-state index is 12.8. The highest BCUT2D eigenvalue weighted by Crippen LogP contribution is 2.40. The highest BCUT2D eigenvalue weighted by Gasteiger charge is 2.44. The number of nitriles is 1. The minimum atomic E-state index is -1.25. The summed E-state index contributed by atoms with van der Waals surface area (Å²) >= 11 is 16.4. The van der Waals surface area contributed by atoms with Crippen LogP contribution in [0.5, 0.6) is 0 Å². The van der Waals surface area contributed by atoms with E-state index in [2.05, 4.69) is 32.6 Å². The van der Waals surface area contributed by atoms with Gasteiger partial charge in [0, 0.05) is 10.4 Å². The predicted octanol–water partition coefficient (Wildman–Crippen LogP) is 4.87.